The number of nitrogens with zero attached hydrogens (tertiary/aromatic N) is 1. The highest BCUT2D eigenvalue weighted by molar-refractivity contribution is 9.10. The van der Waals surface area contributed by atoms with Gasteiger partial charge in [-0.15, -0.1) is 12.4 Å². The predicted molar refractivity (Wildman–Crippen MR) is 84.2 cm³/mol. The molecule has 1 atom stereocenters. The van der Waals surface area contributed by atoms with E-state index in [-0.39, 0.29) is 23.3 Å². The molecule has 1 unspecified atom stereocenters. The molecule has 1 aromatic rings. The molecule has 0 bridgehead atoms. The van der Waals surface area contributed by atoms with E-state index < -0.39 is 10.0 Å². The third-order valence-electron chi connectivity index (χ3n) is 3.09. The Bertz CT molecular complexity index is 568. The third kappa shape index (κ3) is 3.65. The number of nitrogens with one attached hydrogen (secondary N) is 1. The van der Waals surface area contributed by atoms with Crippen molar-refractivity contribution in [2.24, 2.45) is 0 Å². The van der Waals surface area contributed by atoms with E-state index in [9.17, 15) is 8.42 Å². The Morgan fingerprint density at radius 2 is 2.15 bits per heavy atom. The van der Waals surface area contributed by atoms with Gasteiger partial charge in [0.25, 0.3) is 0 Å². The standard InChI is InChI=1S/C12H17BrN2O3S.ClH/c1-9-8-15(6-5-14-9)19(16,17)10-3-4-11(13)12(7-10)18-2;/h3-4,7,9,14H,5-6,8H2,1-2H3;1H. The number of ether oxygens (including phenoxy) is 1. The maximum absolute atomic E-state index is 12.5. The van der Waals surface area contributed by atoms with Crippen molar-refractivity contribution in [2.75, 3.05) is 26.7 Å². The van der Waals surface area contributed by atoms with Crippen molar-refractivity contribution in [3.05, 3.63) is 22.7 Å². The van der Waals surface area contributed by atoms with Crippen LogP contribution in [-0.4, -0.2) is 45.5 Å². The van der Waals surface area contributed by atoms with E-state index in [2.05, 4.69) is 21.2 Å². The first-order valence-corrected chi connectivity index (χ1v) is 8.25. The number of hydrogen-bond acceptors (Lipinski definition) is 4. The minimum atomic E-state index is -3.45. The van der Waals surface area contributed by atoms with Crippen LogP contribution in [-0.2, 0) is 10.0 Å². The van der Waals surface area contributed by atoms with Crippen molar-refractivity contribution < 1.29 is 13.2 Å². The molecule has 0 saturated carbocycles. The molecule has 20 heavy (non-hydrogen) atoms. The second kappa shape index (κ2) is 7.09. The van der Waals surface area contributed by atoms with Gasteiger partial charge >= 0.3 is 0 Å². The summed E-state index contributed by atoms with van der Waals surface area (Å²) < 4.78 is 32.5. The molecule has 0 radical (unpaired) electrons. The summed E-state index contributed by atoms with van der Waals surface area (Å²) in [7, 11) is -1.93. The Labute approximate surface area is 134 Å². The van der Waals surface area contributed by atoms with Crippen LogP contribution in [0.15, 0.2) is 27.6 Å². The molecule has 1 saturated heterocycles. The van der Waals surface area contributed by atoms with E-state index in [1.54, 1.807) is 18.2 Å². The molecular weight excluding hydrogens is 368 g/mol. The summed E-state index contributed by atoms with van der Waals surface area (Å²) in [5, 5.41) is 3.23. The molecule has 1 aromatic carbocycles. The van der Waals surface area contributed by atoms with Gasteiger partial charge in [0.05, 0.1) is 16.5 Å². The van der Waals surface area contributed by atoms with Gasteiger partial charge in [-0.2, -0.15) is 4.31 Å². The van der Waals surface area contributed by atoms with Crippen LogP contribution >= 0.6 is 28.3 Å². The van der Waals surface area contributed by atoms with Gasteiger partial charge in [-0.25, -0.2) is 8.42 Å². The molecule has 1 aliphatic rings. The Balaban J connectivity index is 0.00000200. The lowest BCUT2D eigenvalue weighted by molar-refractivity contribution is 0.310. The van der Waals surface area contributed by atoms with Crippen LogP contribution in [0.25, 0.3) is 0 Å². The van der Waals surface area contributed by atoms with Gasteiger partial charge in [0, 0.05) is 31.7 Å². The van der Waals surface area contributed by atoms with Crippen LogP contribution in [0.5, 0.6) is 5.75 Å². The second-order valence-electron chi connectivity index (χ2n) is 4.51. The van der Waals surface area contributed by atoms with E-state index in [1.165, 1.54) is 11.4 Å². The largest absolute Gasteiger partial charge is 0.496 e. The van der Waals surface area contributed by atoms with Crippen LogP contribution in [0.4, 0.5) is 0 Å². The van der Waals surface area contributed by atoms with E-state index in [4.69, 9.17) is 4.74 Å². The number of hydrogen-bond donors (Lipinski definition) is 1. The lowest BCUT2D eigenvalue weighted by atomic mass is 10.3. The van der Waals surface area contributed by atoms with Gasteiger partial charge in [-0.05, 0) is 35.0 Å². The number of piperazine rings is 1. The number of rotatable bonds is 3. The minimum Gasteiger partial charge on any atom is -0.496 e. The quantitative estimate of drug-likeness (QED) is 0.863. The average molecular weight is 386 g/mol. The number of sulfonamides is 1. The molecule has 1 heterocycles. The highest BCUT2D eigenvalue weighted by atomic mass is 79.9. The first-order chi connectivity index (χ1) is 8.95. The average Bonchev–Trinajstić information content (AvgIpc) is 2.39. The topological polar surface area (TPSA) is 58.6 Å². The van der Waals surface area contributed by atoms with E-state index in [1.807, 2.05) is 6.92 Å². The first-order valence-electron chi connectivity index (χ1n) is 6.02. The molecule has 0 spiro atoms. The lowest BCUT2D eigenvalue weighted by Gasteiger charge is -2.31. The summed E-state index contributed by atoms with van der Waals surface area (Å²) in [5.41, 5.74) is 0. The van der Waals surface area contributed by atoms with Gasteiger partial charge < -0.3 is 10.1 Å². The van der Waals surface area contributed by atoms with Crippen molar-refractivity contribution in [2.45, 2.75) is 17.9 Å². The monoisotopic (exact) mass is 384 g/mol. The summed E-state index contributed by atoms with van der Waals surface area (Å²) in [6.07, 6.45) is 0. The summed E-state index contributed by atoms with van der Waals surface area (Å²) in [6, 6.07) is 5.00. The van der Waals surface area contributed by atoms with Gasteiger partial charge in [0.2, 0.25) is 10.0 Å². The normalized spacial score (nSPS) is 20.2. The second-order valence-corrected chi connectivity index (χ2v) is 7.31. The van der Waals surface area contributed by atoms with Crippen molar-refractivity contribution in [1.82, 2.24) is 9.62 Å². The van der Waals surface area contributed by atoms with Crippen LogP contribution in [0.1, 0.15) is 6.92 Å². The van der Waals surface area contributed by atoms with Gasteiger partial charge in [-0.1, -0.05) is 0 Å². The zero-order chi connectivity index (χ0) is 14.0. The number of halogens is 2. The molecule has 1 fully saturated rings. The zero-order valence-corrected chi connectivity index (χ0v) is 14.5. The SMILES string of the molecule is COc1cc(S(=O)(=O)N2CCNC(C)C2)ccc1Br.Cl. The van der Waals surface area contributed by atoms with Gasteiger partial charge in [0.15, 0.2) is 0 Å². The molecule has 5 nitrogen and oxygen atoms in total. The lowest BCUT2D eigenvalue weighted by Crippen LogP contribution is -2.51. The molecule has 114 valence electrons. The maximum atomic E-state index is 12.5. The Morgan fingerprint density at radius 1 is 1.45 bits per heavy atom. The summed E-state index contributed by atoms with van der Waals surface area (Å²) in [6.45, 7) is 3.63. The van der Waals surface area contributed by atoms with Crippen LogP contribution in [0, 0.1) is 0 Å². The molecule has 0 amide bonds. The van der Waals surface area contributed by atoms with E-state index >= 15 is 0 Å². The van der Waals surface area contributed by atoms with Gasteiger partial charge in [0.1, 0.15) is 5.75 Å². The first kappa shape index (κ1) is 17.7. The number of benzene rings is 1. The van der Waals surface area contributed by atoms with Crippen LogP contribution in [0.3, 0.4) is 0 Å². The molecule has 2 rings (SSSR count). The fourth-order valence-corrected chi connectivity index (χ4v) is 4.02. The molecule has 0 aliphatic carbocycles. The highest BCUT2D eigenvalue weighted by Crippen LogP contribution is 2.29. The third-order valence-corrected chi connectivity index (χ3v) is 5.61. The zero-order valence-electron chi connectivity index (χ0n) is 11.3. The molecule has 1 N–H and O–H groups in total. The number of methoxy groups -OCH3 is 1. The van der Waals surface area contributed by atoms with E-state index in [0.717, 1.165) is 4.47 Å². The molecular formula is C12H18BrClN2O3S. The Hall–Kier alpha value is -0.340. The fourth-order valence-electron chi connectivity index (χ4n) is 2.06. The Morgan fingerprint density at radius 3 is 2.75 bits per heavy atom. The Kier molecular flexibility index (Phi) is 6.27. The summed E-state index contributed by atoms with van der Waals surface area (Å²) in [4.78, 5) is 0.265. The molecule has 0 aromatic heterocycles. The van der Waals surface area contributed by atoms with Crippen molar-refractivity contribution in [3.63, 3.8) is 0 Å². The maximum Gasteiger partial charge on any atom is 0.243 e. The predicted octanol–water partition coefficient (Wildman–Crippen LogP) is 1.86. The van der Waals surface area contributed by atoms with E-state index in [0.29, 0.717) is 25.4 Å². The fraction of sp³-hybridized carbons (Fsp3) is 0.500. The molecule has 1 aliphatic heterocycles. The smallest absolute Gasteiger partial charge is 0.243 e. The summed E-state index contributed by atoms with van der Waals surface area (Å²) >= 11 is 3.32. The van der Waals surface area contributed by atoms with Crippen molar-refractivity contribution in [3.8, 4) is 5.75 Å². The van der Waals surface area contributed by atoms with Gasteiger partial charge in [-0.3, -0.25) is 0 Å². The highest BCUT2D eigenvalue weighted by Gasteiger charge is 2.28. The molecule has 8 heteroatoms. The minimum absolute atomic E-state index is 0. The van der Waals surface area contributed by atoms with Crippen LogP contribution < -0.4 is 10.1 Å². The summed E-state index contributed by atoms with van der Waals surface area (Å²) in [5.74, 6) is 0.518. The van der Waals surface area contributed by atoms with Crippen LogP contribution in [0.2, 0.25) is 0 Å². The van der Waals surface area contributed by atoms with Crippen molar-refractivity contribution in [1.29, 1.82) is 0 Å². The van der Waals surface area contributed by atoms with Crippen molar-refractivity contribution >= 4 is 38.4 Å².